The molecule has 5 rings (SSSR count). The summed E-state index contributed by atoms with van der Waals surface area (Å²) >= 11 is 5.47. The summed E-state index contributed by atoms with van der Waals surface area (Å²) in [6.07, 6.45) is 8.15. The first-order valence-corrected chi connectivity index (χ1v) is 11.6. The molecule has 160 valence electrons. The second kappa shape index (κ2) is 8.67. The van der Waals surface area contributed by atoms with Crippen LogP contribution in [0, 0.1) is 4.77 Å². The molecule has 2 aromatic heterocycles. The Hall–Kier alpha value is -2.93. The van der Waals surface area contributed by atoms with Crippen LogP contribution in [0.2, 0.25) is 0 Å². The number of aromatic nitrogens is 4. The van der Waals surface area contributed by atoms with E-state index in [0.29, 0.717) is 12.6 Å². The van der Waals surface area contributed by atoms with Crippen molar-refractivity contribution in [2.75, 3.05) is 10.6 Å². The van der Waals surface area contributed by atoms with E-state index in [9.17, 15) is 0 Å². The van der Waals surface area contributed by atoms with E-state index in [1.54, 1.807) is 6.33 Å². The lowest BCUT2D eigenvalue weighted by Gasteiger charge is -2.25. The quantitative estimate of drug-likeness (QED) is 0.325. The second-order valence-corrected chi connectivity index (χ2v) is 8.66. The molecule has 0 unspecified atom stereocenters. The lowest BCUT2D eigenvalue weighted by molar-refractivity contribution is 0.462. The summed E-state index contributed by atoms with van der Waals surface area (Å²) in [5.74, 6) is 0.836. The number of hydrogen-bond acceptors (Lipinski definition) is 5. The lowest BCUT2D eigenvalue weighted by Crippen LogP contribution is -2.23. The Balaban J connectivity index is 1.42. The summed E-state index contributed by atoms with van der Waals surface area (Å²) in [5.41, 5.74) is 5.46. The number of nitrogens with zero attached hydrogens (tertiary/aromatic N) is 3. The van der Waals surface area contributed by atoms with Crippen molar-refractivity contribution in [3.05, 3.63) is 53.1 Å². The Bertz CT molecular complexity index is 1270. The van der Waals surface area contributed by atoms with Gasteiger partial charge < -0.3 is 20.2 Å². The number of para-hydroxylation sites is 1. The molecule has 0 aliphatic heterocycles. The van der Waals surface area contributed by atoms with Crippen molar-refractivity contribution in [1.82, 2.24) is 19.5 Å². The number of hydrogen-bond donors (Lipinski definition) is 3. The number of nitrogens with one attached hydrogen (secondary N) is 3. The van der Waals surface area contributed by atoms with Gasteiger partial charge in [0, 0.05) is 30.2 Å². The molecule has 0 atom stereocenters. The maximum Gasteiger partial charge on any atom is 0.178 e. The van der Waals surface area contributed by atoms with Gasteiger partial charge in [-0.3, -0.25) is 0 Å². The summed E-state index contributed by atoms with van der Waals surface area (Å²) in [6.45, 7) is 3.62. The molecule has 1 saturated carbocycles. The Morgan fingerprint density at radius 1 is 1.13 bits per heavy atom. The molecule has 1 fully saturated rings. The van der Waals surface area contributed by atoms with E-state index in [1.807, 2.05) is 0 Å². The van der Waals surface area contributed by atoms with Gasteiger partial charge in [0.05, 0.1) is 16.6 Å². The maximum atomic E-state index is 5.47. The molecule has 0 saturated heterocycles. The highest BCUT2D eigenvalue weighted by atomic mass is 32.1. The largest absolute Gasteiger partial charge is 0.382 e. The van der Waals surface area contributed by atoms with Crippen LogP contribution >= 0.6 is 12.2 Å². The zero-order valence-electron chi connectivity index (χ0n) is 17.8. The molecule has 4 aromatic rings. The second-order valence-electron chi connectivity index (χ2n) is 8.27. The number of imidazole rings is 1. The Labute approximate surface area is 187 Å². The van der Waals surface area contributed by atoms with Gasteiger partial charge in [-0.1, -0.05) is 37.5 Å². The molecule has 0 spiro atoms. The maximum absolute atomic E-state index is 5.47. The van der Waals surface area contributed by atoms with E-state index in [2.05, 4.69) is 73.5 Å². The first-order valence-electron chi connectivity index (χ1n) is 11.2. The van der Waals surface area contributed by atoms with Crippen LogP contribution in [0.15, 0.2) is 42.7 Å². The minimum Gasteiger partial charge on any atom is -0.382 e. The monoisotopic (exact) mass is 432 g/mol. The lowest BCUT2D eigenvalue weighted by atomic mass is 9.95. The van der Waals surface area contributed by atoms with Gasteiger partial charge in [-0.05, 0) is 55.7 Å². The number of benzene rings is 2. The minimum atomic E-state index is 0.578. The van der Waals surface area contributed by atoms with Crippen molar-refractivity contribution in [1.29, 1.82) is 0 Å². The molecule has 0 bridgehead atoms. The molecule has 2 aromatic carbocycles. The molecule has 7 heteroatoms. The smallest absolute Gasteiger partial charge is 0.178 e. The first-order chi connectivity index (χ1) is 15.2. The fourth-order valence-electron chi connectivity index (χ4n) is 4.62. The topological polar surface area (TPSA) is 70.6 Å². The predicted octanol–water partition coefficient (Wildman–Crippen LogP) is 6.02. The summed E-state index contributed by atoms with van der Waals surface area (Å²) in [4.78, 5) is 12.3. The van der Waals surface area contributed by atoms with Crippen LogP contribution < -0.4 is 10.6 Å². The van der Waals surface area contributed by atoms with Gasteiger partial charge in [0.25, 0.3) is 0 Å². The predicted molar refractivity (Wildman–Crippen MR) is 130 cm³/mol. The van der Waals surface area contributed by atoms with E-state index in [-0.39, 0.29) is 0 Å². The van der Waals surface area contributed by atoms with Gasteiger partial charge in [0.2, 0.25) is 0 Å². The fraction of sp³-hybridized carbons (Fsp3) is 0.375. The van der Waals surface area contributed by atoms with E-state index in [4.69, 9.17) is 12.2 Å². The van der Waals surface area contributed by atoms with Crippen LogP contribution in [0.3, 0.4) is 0 Å². The van der Waals surface area contributed by atoms with Crippen molar-refractivity contribution in [3.63, 3.8) is 0 Å². The number of H-pyrrole nitrogens is 1. The number of fused-ring (bicyclic) bond motifs is 2. The van der Waals surface area contributed by atoms with Crippen LogP contribution in [0.5, 0.6) is 0 Å². The number of aryl methyl sites for hydroxylation is 1. The van der Waals surface area contributed by atoms with E-state index >= 15 is 0 Å². The summed E-state index contributed by atoms with van der Waals surface area (Å²) in [7, 11) is 0. The highest BCUT2D eigenvalue weighted by Gasteiger charge is 2.15. The molecular weight excluding hydrogens is 404 g/mol. The average Bonchev–Trinajstić information content (AvgIpc) is 3.11. The molecule has 1 aliphatic carbocycles. The third-order valence-corrected chi connectivity index (χ3v) is 6.60. The van der Waals surface area contributed by atoms with E-state index in [1.165, 1.54) is 43.4 Å². The summed E-state index contributed by atoms with van der Waals surface area (Å²) < 4.78 is 2.82. The number of anilines is 2. The molecule has 31 heavy (non-hydrogen) atoms. The summed E-state index contributed by atoms with van der Waals surface area (Å²) in [6, 6.07) is 13.3. The molecule has 3 N–H and O–H groups in total. The highest BCUT2D eigenvalue weighted by Crippen LogP contribution is 2.27. The molecular formula is C24H28N6S. The standard InChI is InChI=1S/C24H28N6S/c1-2-30-22-13-20-18(12-21(22)29-24(30)31)23(27-15-26-20)25-14-16-8-6-7-11-19(16)28-17-9-4-3-5-10-17/h6-8,11-13,15,17,28H,2-5,9-10,14H2,1H3,(H,29,31)(H,25,26,27). The third-order valence-electron chi connectivity index (χ3n) is 6.28. The van der Waals surface area contributed by atoms with Crippen molar-refractivity contribution >= 4 is 45.7 Å². The Kier molecular flexibility index (Phi) is 5.59. The van der Waals surface area contributed by atoms with Gasteiger partial charge in [0.15, 0.2) is 4.77 Å². The van der Waals surface area contributed by atoms with Gasteiger partial charge in [-0.2, -0.15) is 0 Å². The first kappa shape index (κ1) is 20.0. The van der Waals surface area contributed by atoms with Crippen LogP contribution in [0.4, 0.5) is 11.5 Å². The van der Waals surface area contributed by atoms with Crippen LogP contribution in [-0.2, 0) is 13.1 Å². The molecule has 0 radical (unpaired) electrons. The minimum absolute atomic E-state index is 0.578. The molecule has 0 amide bonds. The zero-order chi connectivity index (χ0) is 21.2. The van der Waals surface area contributed by atoms with Gasteiger partial charge in [-0.25, -0.2) is 9.97 Å². The van der Waals surface area contributed by atoms with Crippen LogP contribution in [0.1, 0.15) is 44.6 Å². The van der Waals surface area contributed by atoms with Crippen molar-refractivity contribution in [2.24, 2.45) is 0 Å². The van der Waals surface area contributed by atoms with Gasteiger partial charge in [0.1, 0.15) is 12.1 Å². The Morgan fingerprint density at radius 2 is 1.97 bits per heavy atom. The number of aromatic amines is 1. The van der Waals surface area contributed by atoms with Crippen LogP contribution in [0.25, 0.3) is 21.9 Å². The SMILES string of the molecule is CCn1c(=S)[nH]c2cc3c(NCc4ccccc4NC4CCCCC4)ncnc3cc21. The molecule has 6 nitrogen and oxygen atoms in total. The average molecular weight is 433 g/mol. The van der Waals surface area contributed by atoms with Crippen LogP contribution in [-0.4, -0.2) is 25.6 Å². The van der Waals surface area contributed by atoms with Crippen molar-refractivity contribution in [3.8, 4) is 0 Å². The van der Waals surface area contributed by atoms with Crippen molar-refractivity contribution in [2.45, 2.75) is 58.2 Å². The highest BCUT2D eigenvalue weighted by molar-refractivity contribution is 7.71. The normalized spacial score (nSPS) is 14.9. The Morgan fingerprint density at radius 3 is 2.81 bits per heavy atom. The van der Waals surface area contributed by atoms with Crippen molar-refractivity contribution < 1.29 is 0 Å². The molecule has 1 aliphatic rings. The van der Waals surface area contributed by atoms with E-state index < -0.39 is 0 Å². The van der Waals surface area contributed by atoms with Gasteiger partial charge in [-0.15, -0.1) is 0 Å². The fourth-order valence-corrected chi connectivity index (χ4v) is 4.96. The summed E-state index contributed by atoms with van der Waals surface area (Å²) in [5, 5.41) is 8.31. The third kappa shape index (κ3) is 4.02. The molecule has 2 heterocycles. The number of rotatable bonds is 6. The van der Waals surface area contributed by atoms with Gasteiger partial charge >= 0.3 is 0 Å². The zero-order valence-corrected chi connectivity index (χ0v) is 18.6. The van der Waals surface area contributed by atoms with E-state index in [0.717, 1.165) is 39.1 Å².